The van der Waals surface area contributed by atoms with Gasteiger partial charge < -0.3 is 29.7 Å². The Morgan fingerprint density at radius 1 is 1.02 bits per heavy atom. The van der Waals surface area contributed by atoms with Crippen LogP contribution in [0, 0.1) is 17.2 Å². The summed E-state index contributed by atoms with van der Waals surface area (Å²) in [6.45, 7) is 8.50. The standard InChI is InChI=1S/C44H48FN5O9S/c1-6-27-23-44(27,42(54)49-60(55,56)32-17-18-32)48-40(52)36-21-31(59-37-22-34(26-10-8-7-9-11-26)46-35-20-30(57-5)16-19-33(35)37)24-50(36)41(53)39(43(2,3)4)47-38(51)25-58-29-14-12-28(45)13-15-29/h6-16,19-20,22,27,31-32,36,39H,1,17-18,21,23-25H2,2-5H3,(H,47,51)(H,48,52)(H,49,54)/t27-,31-,36+,39-,44-/m1/s1. The molecule has 4 amide bonds. The molecule has 0 radical (unpaired) electrons. The molecule has 16 heteroatoms. The van der Waals surface area contributed by atoms with Crippen molar-refractivity contribution in [1.82, 2.24) is 25.2 Å². The Labute approximate surface area is 347 Å². The van der Waals surface area contributed by atoms with Gasteiger partial charge in [-0.3, -0.25) is 23.9 Å². The van der Waals surface area contributed by atoms with E-state index in [4.69, 9.17) is 19.2 Å². The fourth-order valence-electron chi connectivity index (χ4n) is 7.43. The van der Waals surface area contributed by atoms with Gasteiger partial charge in [-0.05, 0) is 61.1 Å². The van der Waals surface area contributed by atoms with Crippen LogP contribution >= 0.6 is 0 Å². The number of carbonyl (C=O) groups is 4. The summed E-state index contributed by atoms with van der Waals surface area (Å²) in [5, 5.41) is 5.55. The van der Waals surface area contributed by atoms with E-state index in [0.29, 0.717) is 40.9 Å². The predicted octanol–water partition coefficient (Wildman–Crippen LogP) is 4.68. The summed E-state index contributed by atoms with van der Waals surface area (Å²) in [6.07, 6.45) is 1.68. The molecule has 0 unspecified atom stereocenters. The summed E-state index contributed by atoms with van der Waals surface area (Å²) in [6, 6.07) is 19.4. The number of nitrogens with zero attached hydrogens (tertiary/aromatic N) is 2. The maximum atomic E-state index is 14.8. The van der Waals surface area contributed by atoms with E-state index < -0.39 is 86.4 Å². The lowest BCUT2D eigenvalue weighted by molar-refractivity contribution is -0.144. The van der Waals surface area contributed by atoms with E-state index in [1.807, 2.05) is 36.4 Å². The van der Waals surface area contributed by atoms with Gasteiger partial charge in [0, 0.05) is 35.4 Å². The Morgan fingerprint density at radius 3 is 2.35 bits per heavy atom. The molecule has 1 saturated heterocycles. The third-order valence-corrected chi connectivity index (χ3v) is 12.9. The monoisotopic (exact) mass is 841 g/mol. The zero-order valence-corrected chi connectivity index (χ0v) is 34.6. The van der Waals surface area contributed by atoms with Crippen molar-refractivity contribution >= 4 is 44.6 Å². The largest absolute Gasteiger partial charge is 0.497 e. The Kier molecular flexibility index (Phi) is 11.6. The van der Waals surface area contributed by atoms with Crippen LogP contribution in [0.4, 0.5) is 4.39 Å². The summed E-state index contributed by atoms with van der Waals surface area (Å²) in [5.74, 6) is -2.56. The van der Waals surface area contributed by atoms with Crippen molar-refractivity contribution in [3.63, 3.8) is 0 Å². The first kappa shape index (κ1) is 42.1. The van der Waals surface area contributed by atoms with E-state index in [1.54, 1.807) is 46.1 Å². The second-order valence-corrected chi connectivity index (χ2v) is 18.5. The molecule has 3 aliphatic rings. The van der Waals surface area contributed by atoms with Crippen LogP contribution < -0.4 is 29.6 Å². The zero-order chi connectivity index (χ0) is 43.0. The lowest BCUT2D eigenvalue weighted by Gasteiger charge is -2.35. The van der Waals surface area contributed by atoms with Gasteiger partial charge in [0.15, 0.2) is 6.61 Å². The highest BCUT2D eigenvalue weighted by atomic mass is 32.2. The van der Waals surface area contributed by atoms with Gasteiger partial charge >= 0.3 is 0 Å². The van der Waals surface area contributed by atoms with Gasteiger partial charge in [0.1, 0.15) is 46.8 Å². The number of amides is 4. The molecule has 5 atom stereocenters. The molecule has 3 aromatic carbocycles. The van der Waals surface area contributed by atoms with E-state index in [0.717, 1.165) is 5.56 Å². The van der Waals surface area contributed by atoms with Crippen molar-refractivity contribution < 1.29 is 46.2 Å². The molecule has 2 aliphatic carbocycles. The van der Waals surface area contributed by atoms with Gasteiger partial charge in [-0.1, -0.05) is 57.2 Å². The zero-order valence-electron chi connectivity index (χ0n) is 33.8. The van der Waals surface area contributed by atoms with Crippen LogP contribution in [0.5, 0.6) is 17.2 Å². The van der Waals surface area contributed by atoms with Crippen LogP contribution in [0.25, 0.3) is 22.2 Å². The minimum Gasteiger partial charge on any atom is -0.497 e. The highest BCUT2D eigenvalue weighted by molar-refractivity contribution is 7.91. The van der Waals surface area contributed by atoms with Crippen LogP contribution in [0.2, 0.25) is 0 Å². The number of fused-ring (bicyclic) bond motifs is 1. The summed E-state index contributed by atoms with van der Waals surface area (Å²) < 4.78 is 58.9. The molecule has 316 valence electrons. The number of methoxy groups -OCH3 is 1. The Morgan fingerprint density at radius 2 is 1.72 bits per heavy atom. The minimum absolute atomic E-state index is 0.0203. The van der Waals surface area contributed by atoms with Crippen molar-refractivity contribution in [3.8, 4) is 28.5 Å². The number of halogens is 1. The van der Waals surface area contributed by atoms with E-state index in [2.05, 4.69) is 21.9 Å². The third kappa shape index (κ3) is 9.08. The van der Waals surface area contributed by atoms with Crippen LogP contribution in [-0.4, -0.2) is 91.2 Å². The quantitative estimate of drug-likeness (QED) is 0.142. The van der Waals surface area contributed by atoms with Gasteiger partial charge in [0.25, 0.3) is 11.8 Å². The van der Waals surface area contributed by atoms with E-state index in [-0.39, 0.29) is 25.1 Å². The van der Waals surface area contributed by atoms with E-state index in [9.17, 15) is 32.0 Å². The van der Waals surface area contributed by atoms with Gasteiger partial charge in [-0.2, -0.15) is 0 Å². The molecule has 2 heterocycles. The SMILES string of the molecule is C=C[C@@H]1C[C@]1(NC(=O)[C@@H]1C[C@@H](Oc2cc(-c3ccccc3)nc3cc(OC)ccc23)CN1C(=O)[C@@H](NC(=O)COc1ccc(F)cc1)C(C)(C)C)C(=O)NS(=O)(=O)C1CC1. The normalized spacial score (nSPS) is 21.7. The first-order valence-corrected chi connectivity index (χ1v) is 21.3. The second-order valence-electron chi connectivity index (χ2n) is 16.5. The van der Waals surface area contributed by atoms with Crippen LogP contribution in [0.1, 0.15) is 46.5 Å². The van der Waals surface area contributed by atoms with Gasteiger partial charge in [-0.25, -0.2) is 17.8 Å². The van der Waals surface area contributed by atoms with Gasteiger partial charge in [0.05, 0.1) is 30.1 Å². The first-order valence-electron chi connectivity index (χ1n) is 19.7. The highest BCUT2D eigenvalue weighted by Crippen LogP contribution is 2.46. The minimum atomic E-state index is -3.94. The van der Waals surface area contributed by atoms with E-state index >= 15 is 0 Å². The van der Waals surface area contributed by atoms with Crippen LogP contribution in [-0.2, 0) is 29.2 Å². The molecule has 3 fully saturated rings. The number of rotatable bonds is 15. The highest BCUT2D eigenvalue weighted by Gasteiger charge is 2.62. The number of nitrogens with one attached hydrogen (secondary N) is 3. The van der Waals surface area contributed by atoms with Gasteiger partial charge in [-0.15, -0.1) is 6.58 Å². The van der Waals surface area contributed by atoms with Gasteiger partial charge in [0.2, 0.25) is 21.8 Å². The Hall–Kier alpha value is -6.03. The lowest BCUT2D eigenvalue weighted by Crippen LogP contribution is -2.60. The lowest BCUT2D eigenvalue weighted by atomic mass is 9.85. The average molecular weight is 842 g/mol. The molecule has 0 spiro atoms. The molecule has 14 nitrogen and oxygen atoms in total. The summed E-state index contributed by atoms with van der Waals surface area (Å²) in [5.41, 5.74) is -0.454. The van der Waals surface area contributed by atoms with Crippen molar-refractivity contribution in [3.05, 3.63) is 97.3 Å². The molecule has 1 aliphatic heterocycles. The van der Waals surface area contributed by atoms with E-state index in [1.165, 1.54) is 35.2 Å². The number of ether oxygens (including phenoxy) is 3. The third-order valence-electron chi connectivity index (χ3n) is 11.0. The van der Waals surface area contributed by atoms with Crippen molar-refractivity contribution in [1.29, 1.82) is 0 Å². The maximum absolute atomic E-state index is 14.8. The number of likely N-dealkylation sites (tertiary alicyclic amines) is 1. The predicted molar refractivity (Wildman–Crippen MR) is 221 cm³/mol. The number of hydrogen-bond acceptors (Lipinski definition) is 10. The number of sulfonamides is 1. The molecule has 2 saturated carbocycles. The number of carbonyl (C=O) groups excluding carboxylic acids is 4. The molecule has 7 rings (SSSR count). The maximum Gasteiger partial charge on any atom is 0.259 e. The average Bonchev–Trinajstić information content (AvgIpc) is 4.16. The number of benzene rings is 3. The van der Waals surface area contributed by atoms with Crippen molar-refractivity contribution in [2.45, 2.75) is 75.4 Å². The molecular weight excluding hydrogens is 794 g/mol. The molecule has 1 aromatic heterocycles. The number of hydrogen-bond donors (Lipinski definition) is 3. The Bertz CT molecular complexity index is 2420. The molecule has 60 heavy (non-hydrogen) atoms. The number of aromatic nitrogens is 1. The second kappa shape index (κ2) is 16.6. The van der Waals surface area contributed by atoms with Crippen LogP contribution in [0.3, 0.4) is 0 Å². The topological polar surface area (TPSA) is 182 Å². The molecular formula is C44H48FN5O9S. The first-order chi connectivity index (χ1) is 28.5. The fraction of sp³-hybridized carbons (Fsp3) is 0.386. The van der Waals surface area contributed by atoms with Crippen molar-refractivity contribution in [2.75, 3.05) is 20.3 Å². The number of pyridine rings is 1. The summed E-state index contributed by atoms with van der Waals surface area (Å²) in [4.78, 5) is 62.4. The summed E-state index contributed by atoms with van der Waals surface area (Å²) >= 11 is 0. The fourth-order valence-corrected chi connectivity index (χ4v) is 8.79. The Balaban J connectivity index is 1.19. The smallest absolute Gasteiger partial charge is 0.259 e. The van der Waals surface area contributed by atoms with Crippen molar-refractivity contribution in [2.24, 2.45) is 11.3 Å². The molecule has 3 N–H and O–H groups in total. The molecule has 0 bridgehead atoms. The molecule has 4 aromatic rings. The summed E-state index contributed by atoms with van der Waals surface area (Å²) in [7, 11) is -2.39. The van der Waals surface area contributed by atoms with Crippen LogP contribution in [0.15, 0.2) is 91.5 Å².